The number of ether oxygens (including phenoxy) is 2. The lowest BCUT2D eigenvalue weighted by Crippen LogP contribution is -2.29. The summed E-state index contributed by atoms with van der Waals surface area (Å²) in [7, 11) is 1.56. The minimum atomic E-state index is -0.312. The molecule has 0 aromatic heterocycles. The molecule has 0 atom stereocenters. The van der Waals surface area contributed by atoms with Gasteiger partial charge < -0.3 is 14.8 Å². The van der Waals surface area contributed by atoms with Gasteiger partial charge in [-0.3, -0.25) is 9.59 Å². The van der Waals surface area contributed by atoms with Crippen molar-refractivity contribution in [2.24, 2.45) is 5.10 Å². The van der Waals surface area contributed by atoms with Crippen molar-refractivity contribution in [1.82, 2.24) is 10.7 Å². The van der Waals surface area contributed by atoms with Crippen LogP contribution in [0.2, 0.25) is 5.02 Å². The van der Waals surface area contributed by atoms with E-state index in [1.165, 1.54) is 6.21 Å². The average Bonchev–Trinajstić information content (AvgIpc) is 2.84. The molecule has 0 fully saturated rings. The summed E-state index contributed by atoms with van der Waals surface area (Å²) < 4.78 is 11.6. The topological polar surface area (TPSA) is 89.0 Å². The van der Waals surface area contributed by atoms with E-state index in [1.807, 2.05) is 42.5 Å². The second kappa shape index (κ2) is 12.8. The fraction of sp³-hybridized carbons (Fsp3) is 0.160. The minimum Gasteiger partial charge on any atom is -0.497 e. The number of hydrogen-bond donors (Lipinski definition) is 2. The van der Waals surface area contributed by atoms with Crippen LogP contribution in [0.1, 0.15) is 27.9 Å². The Morgan fingerprint density at radius 3 is 2.47 bits per heavy atom. The number of benzene rings is 3. The SMILES string of the molecule is COc1ccc(C(=O)NCCC(=O)NN=Cc2ccc(OCc3ccc(Cl)cc3)c(Br)c2)cc1. The maximum atomic E-state index is 12.1. The second-order valence-electron chi connectivity index (χ2n) is 7.13. The standard InChI is InChI=1S/C25H23BrClN3O4/c1-33-21-9-5-19(6-10-21)25(32)28-13-12-24(31)30-29-15-18-4-11-23(22(26)14-18)34-16-17-2-7-20(27)8-3-17/h2-11,14-15H,12-13,16H2,1H3,(H,28,32)(H,30,31). The zero-order valence-electron chi connectivity index (χ0n) is 18.4. The van der Waals surface area contributed by atoms with E-state index in [0.29, 0.717) is 28.7 Å². The molecule has 0 aliphatic rings. The molecule has 2 N–H and O–H groups in total. The number of nitrogens with zero attached hydrogens (tertiary/aromatic N) is 1. The predicted molar refractivity (Wildman–Crippen MR) is 136 cm³/mol. The highest BCUT2D eigenvalue weighted by molar-refractivity contribution is 9.10. The Bertz CT molecular complexity index is 1150. The van der Waals surface area contributed by atoms with E-state index >= 15 is 0 Å². The van der Waals surface area contributed by atoms with Crippen molar-refractivity contribution < 1.29 is 19.1 Å². The van der Waals surface area contributed by atoms with Crippen LogP contribution >= 0.6 is 27.5 Å². The Labute approximate surface area is 211 Å². The van der Waals surface area contributed by atoms with Crippen LogP contribution in [0.5, 0.6) is 11.5 Å². The molecular weight excluding hydrogens is 522 g/mol. The molecule has 0 saturated heterocycles. The fourth-order valence-electron chi connectivity index (χ4n) is 2.82. The van der Waals surface area contributed by atoms with Crippen molar-refractivity contribution in [2.75, 3.05) is 13.7 Å². The maximum absolute atomic E-state index is 12.1. The van der Waals surface area contributed by atoms with Gasteiger partial charge in [0.25, 0.3) is 5.91 Å². The summed E-state index contributed by atoms with van der Waals surface area (Å²) in [5.41, 5.74) is 4.72. The zero-order valence-corrected chi connectivity index (χ0v) is 20.7. The zero-order chi connectivity index (χ0) is 24.3. The number of nitrogens with one attached hydrogen (secondary N) is 2. The maximum Gasteiger partial charge on any atom is 0.251 e. The summed E-state index contributed by atoms with van der Waals surface area (Å²) in [5.74, 6) is 0.778. The monoisotopic (exact) mass is 543 g/mol. The van der Waals surface area contributed by atoms with Crippen LogP contribution in [0.15, 0.2) is 76.3 Å². The smallest absolute Gasteiger partial charge is 0.251 e. The molecular formula is C25H23BrClN3O4. The van der Waals surface area contributed by atoms with E-state index in [1.54, 1.807) is 31.4 Å². The lowest BCUT2D eigenvalue weighted by molar-refractivity contribution is -0.120. The van der Waals surface area contributed by atoms with Gasteiger partial charge in [-0.25, -0.2) is 5.43 Å². The van der Waals surface area contributed by atoms with E-state index in [0.717, 1.165) is 15.6 Å². The highest BCUT2D eigenvalue weighted by atomic mass is 79.9. The quantitative estimate of drug-likeness (QED) is 0.279. The number of hydrazone groups is 1. The third-order valence-electron chi connectivity index (χ3n) is 4.66. The molecule has 0 heterocycles. The average molecular weight is 545 g/mol. The highest BCUT2D eigenvalue weighted by Crippen LogP contribution is 2.26. The molecule has 0 saturated carbocycles. The summed E-state index contributed by atoms with van der Waals surface area (Å²) >= 11 is 9.38. The Morgan fingerprint density at radius 1 is 1.06 bits per heavy atom. The lowest BCUT2D eigenvalue weighted by atomic mass is 10.2. The largest absolute Gasteiger partial charge is 0.497 e. The van der Waals surface area contributed by atoms with Gasteiger partial charge in [0.1, 0.15) is 18.1 Å². The van der Waals surface area contributed by atoms with E-state index < -0.39 is 0 Å². The van der Waals surface area contributed by atoms with Crippen molar-refractivity contribution in [3.8, 4) is 11.5 Å². The first-order chi connectivity index (χ1) is 16.4. The van der Waals surface area contributed by atoms with Crippen LogP contribution in [-0.4, -0.2) is 31.7 Å². The summed E-state index contributed by atoms with van der Waals surface area (Å²) in [5, 5.41) is 7.34. The number of amides is 2. The van der Waals surface area contributed by atoms with Gasteiger partial charge in [-0.05, 0) is 81.7 Å². The third kappa shape index (κ3) is 7.90. The molecule has 0 radical (unpaired) electrons. The van der Waals surface area contributed by atoms with Crippen LogP contribution in [0.4, 0.5) is 0 Å². The second-order valence-corrected chi connectivity index (χ2v) is 8.42. The molecule has 9 heteroatoms. The van der Waals surface area contributed by atoms with Gasteiger partial charge in [-0.2, -0.15) is 5.10 Å². The Balaban J connectivity index is 1.40. The highest BCUT2D eigenvalue weighted by Gasteiger charge is 2.07. The number of rotatable bonds is 10. The normalized spacial score (nSPS) is 10.7. The molecule has 34 heavy (non-hydrogen) atoms. The van der Waals surface area contributed by atoms with Gasteiger partial charge >= 0.3 is 0 Å². The first kappa shape index (κ1) is 25.3. The molecule has 3 aromatic carbocycles. The predicted octanol–water partition coefficient (Wildman–Crippen LogP) is 4.96. The molecule has 3 rings (SSSR count). The van der Waals surface area contributed by atoms with Crippen molar-refractivity contribution in [1.29, 1.82) is 0 Å². The number of halogens is 2. The van der Waals surface area contributed by atoms with Gasteiger partial charge in [-0.1, -0.05) is 23.7 Å². The summed E-state index contributed by atoms with van der Waals surface area (Å²) in [6, 6.07) is 19.6. The number of carbonyl (C=O) groups excluding carboxylic acids is 2. The van der Waals surface area contributed by atoms with Crippen molar-refractivity contribution in [3.05, 3.63) is 92.9 Å². The Morgan fingerprint density at radius 2 is 1.79 bits per heavy atom. The van der Waals surface area contributed by atoms with Crippen LogP contribution in [-0.2, 0) is 11.4 Å². The number of hydrogen-bond acceptors (Lipinski definition) is 5. The number of methoxy groups -OCH3 is 1. The molecule has 0 bridgehead atoms. The molecule has 0 spiro atoms. The summed E-state index contributed by atoms with van der Waals surface area (Å²) in [6.07, 6.45) is 1.63. The van der Waals surface area contributed by atoms with Gasteiger partial charge in [0.2, 0.25) is 5.91 Å². The summed E-state index contributed by atoms with van der Waals surface area (Å²) in [6.45, 7) is 0.603. The van der Waals surface area contributed by atoms with E-state index in [-0.39, 0.29) is 24.8 Å². The molecule has 2 amide bonds. The first-order valence-electron chi connectivity index (χ1n) is 10.4. The van der Waals surface area contributed by atoms with E-state index in [4.69, 9.17) is 21.1 Å². The lowest BCUT2D eigenvalue weighted by Gasteiger charge is -2.09. The van der Waals surface area contributed by atoms with Crippen LogP contribution in [0, 0.1) is 0 Å². The van der Waals surface area contributed by atoms with Crippen molar-refractivity contribution >= 4 is 45.6 Å². The van der Waals surface area contributed by atoms with Gasteiger partial charge in [-0.15, -0.1) is 0 Å². The van der Waals surface area contributed by atoms with Gasteiger partial charge in [0.05, 0.1) is 17.8 Å². The van der Waals surface area contributed by atoms with Crippen molar-refractivity contribution in [3.63, 3.8) is 0 Å². The number of carbonyl (C=O) groups is 2. The van der Waals surface area contributed by atoms with E-state index in [2.05, 4.69) is 31.8 Å². The van der Waals surface area contributed by atoms with Gasteiger partial charge in [0, 0.05) is 23.6 Å². The van der Waals surface area contributed by atoms with Crippen molar-refractivity contribution in [2.45, 2.75) is 13.0 Å². The third-order valence-corrected chi connectivity index (χ3v) is 5.53. The fourth-order valence-corrected chi connectivity index (χ4v) is 3.46. The van der Waals surface area contributed by atoms with Gasteiger partial charge in [0.15, 0.2) is 0 Å². The van der Waals surface area contributed by atoms with Crippen LogP contribution in [0.3, 0.4) is 0 Å². The molecule has 0 aliphatic heterocycles. The van der Waals surface area contributed by atoms with Crippen LogP contribution in [0.25, 0.3) is 0 Å². The molecule has 3 aromatic rings. The Kier molecular flexibility index (Phi) is 9.49. The Hall–Kier alpha value is -3.36. The molecule has 7 nitrogen and oxygen atoms in total. The minimum absolute atomic E-state index is 0.0976. The molecule has 0 aliphatic carbocycles. The first-order valence-corrected chi connectivity index (χ1v) is 11.5. The summed E-state index contributed by atoms with van der Waals surface area (Å²) in [4.78, 5) is 24.1. The molecule has 0 unspecified atom stereocenters. The van der Waals surface area contributed by atoms with Crippen LogP contribution < -0.4 is 20.2 Å². The molecule has 176 valence electrons. The van der Waals surface area contributed by atoms with E-state index in [9.17, 15) is 9.59 Å².